The van der Waals surface area contributed by atoms with E-state index in [1.807, 2.05) is 0 Å². The maximum atomic E-state index is 12.4. The van der Waals surface area contributed by atoms with E-state index in [4.69, 9.17) is 15.9 Å². The normalized spacial score (nSPS) is 45.5. The van der Waals surface area contributed by atoms with E-state index in [2.05, 4.69) is 25.1 Å². The van der Waals surface area contributed by atoms with E-state index in [1.165, 1.54) is 11.1 Å². The van der Waals surface area contributed by atoms with Gasteiger partial charge in [0.05, 0.1) is 18.6 Å². The molecule has 0 bridgehead atoms. The second-order valence-electron chi connectivity index (χ2n) is 7.32. The SMILES string of the molecule is C#CCNC[C@@H]1C(=O)O[C@H]2[C@H]1CCC(C)=C1C[C@H]3O[C@@]3(C)[C@@H]12. The summed E-state index contributed by atoms with van der Waals surface area (Å²) in [5.74, 6) is 2.95. The number of terminal acetylenes is 1. The van der Waals surface area contributed by atoms with Gasteiger partial charge in [0.2, 0.25) is 0 Å². The standard InChI is InChI=1S/C18H23NO3/c1-4-7-19-9-13-11-6-5-10(2)12-8-14-18(3,22-14)15(12)16(11)21-17(13)20/h1,11,13-16,19H,5-9H2,2-3H3/t11-,13-,14+,15-,16-,18+/m0/s1. The van der Waals surface area contributed by atoms with Crippen LogP contribution in [-0.4, -0.2) is 36.9 Å². The molecule has 4 aliphatic rings. The van der Waals surface area contributed by atoms with Crippen molar-refractivity contribution in [2.45, 2.75) is 50.9 Å². The monoisotopic (exact) mass is 301 g/mol. The van der Waals surface area contributed by atoms with Crippen LogP contribution < -0.4 is 5.32 Å². The van der Waals surface area contributed by atoms with Gasteiger partial charge in [-0.25, -0.2) is 0 Å². The number of carbonyl (C=O) groups excluding carboxylic acids is 1. The Kier molecular flexibility index (Phi) is 3.15. The average molecular weight is 301 g/mol. The maximum absolute atomic E-state index is 12.4. The van der Waals surface area contributed by atoms with Gasteiger partial charge in [0.15, 0.2) is 0 Å². The van der Waals surface area contributed by atoms with Crippen molar-refractivity contribution in [1.82, 2.24) is 5.32 Å². The van der Waals surface area contributed by atoms with Gasteiger partial charge in [-0.1, -0.05) is 17.1 Å². The Morgan fingerprint density at radius 3 is 3.09 bits per heavy atom. The molecule has 0 aromatic heterocycles. The Hall–Kier alpha value is -1.31. The lowest BCUT2D eigenvalue weighted by atomic mass is 9.78. The van der Waals surface area contributed by atoms with Gasteiger partial charge in [-0.2, -0.15) is 0 Å². The molecule has 2 saturated heterocycles. The van der Waals surface area contributed by atoms with Crippen molar-refractivity contribution in [1.29, 1.82) is 0 Å². The summed E-state index contributed by atoms with van der Waals surface area (Å²) in [6.07, 6.45) is 8.70. The minimum atomic E-state index is -0.106. The molecule has 0 radical (unpaired) electrons. The summed E-state index contributed by atoms with van der Waals surface area (Å²) < 4.78 is 11.8. The molecule has 2 aliphatic heterocycles. The number of allylic oxidation sites excluding steroid dienone is 1. The quantitative estimate of drug-likeness (QED) is 0.283. The molecule has 0 aromatic rings. The molecule has 2 aliphatic carbocycles. The molecular formula is C18H23NO3. The van der Waals surface area contributed by atoms with E-state index in [1.54, 1.807) is 0 Å². The van der Waals surface area contributed by atoms with Crippen molar-refractivity contribution in [2.75, 3.05) is 13.1 Å². The van der Waals surface area contributed by atoms with Gasteiger partial charge in [0, 0.05) is 18.4 Å². The third kappa shape index (κ3) is 1.89. The second kappa shape index (κ2) is 4.84. The molecule has 4 rings (SSSR count). The molecule has 1 saturated carbocycles. The fourth-order valence-corrected chi connectivity index (χ4v) is 4.90. The molecule has 0 unspecified atom stereocenters. The lowest BCUT2D eigenvalue weighted by molar-refractivity contribution is -0.146. The van der Waals surface area contributed by atoms with Gasteiger partial charge in [-0.3, -0.25) is 4.79 Å². The number of esters is 1. The van der Waals surface area contributed by atoms with Gasteiger partial charge in [-0.05, 0) is 33.1 Å². The number of rotatable bonds is 3. The van der Waals surface area contributed by atoms with Crippen molar-refractivity contribution in [3.63, 3.8) is 0 Å². The summed E-state index contributed by atoms with van der Waals surface area (Å²) in [5.41, 5.74) is 2.88. The van der Waals surface area contributed by atoms with Crippen LogP contribution in [0.1, 0.15) is 33.1 Å². The Bertz CT molecular complexity index is 590. The molecule has 0 amide bonds. The molecule has 6 atom stereocenters. The van der Waals surface area contributed by atoms with Crippen molar-refractivity contribution < 1.29 is 14.3 Å². The molecule has 2 heterocycles. The van der Waals surface area contributed by atoms with Gasteiger partial charge in [-0.15, -0.1) is 6.42 Å². The van der Waals surface area contributed by atoms with Crippen LogP contribution in [0, 0.1) is 30.1 Å². The molecule has 118 valence electrons. The summed E-state index contributed by atoms with van der Waals surface area (Å²) in [5, 5.41) is 3.18. The summed E-state index contributed by atoms with van der Waals surface area (Å²) in [6, 6.07) is 0. The number of epoxide rings is 1. The first-order valence-electron chi connectivity index (χ1n) is 8.27. The fraction of sp³-hybridized carbons (Fsp3) is 0.722. The molecule has 0 aromatic carbocycles. The van der Waals surface area contributed by atoms with E-state index in [9.17, 15) is 4.79 Å². The average Bonchev–Trinajstić information content (AvgIpc) is 2.95. The summed E-state index contributed by atoms with van der Waals surface area (Å²) in [4.78, 5) is 12.4. The van der Waals surface area contributed by atoms with E-state index < -0.39 is 0 Å². The van der Waals surface area contributed by atoms with E-state index in [-0.39, 0.29) is 35.4 Å². The Balaban J connectivity index is 1.61. The van der Waals surface area contributed by atoms with E-state index >= 15 is 0 Å². The van der Waals surface area contributed by atoms with Crippen LogP contribution in [-0.2, 0) is 14.3 Å². The van der Waals surface area contributed by atoms with Crippen molar-refractivity contribution >= 4 is 5.97 Å². The number of hydrogen-bond donors (Lipinski definition) is 1. The van der Waals surface area contributed by atoms with Gasteiger partial charge in [0.25, 0.3) is 0 Å². The highest BCUT2D eigenvalue weighted by molar-refractivity contribution is 5.76. The highest BCUT2D eigenvalue weighted by Crippen LogP contribution is 2.62. The Labute approximate surface area is 131 Å². The van der Waals surface area contributed by atoms with Gasteiger partial charge in [0.1, 0.15) is 11.7 Å². The number of ether oxygens (including phenoxy) is 2. The molecule has 4 nitrogen and oxygen atoms in total. The minimum Gasteiger partial charge on any atom is -0.461 e. The molecular weight excluding hydrogens is 278 g/mol. The largest absolute Gasteiger partial charge is 0.461 e. The predicted molar refractivity (Wildman–Crippen MR) is 81.9 cm³/mol. The minimum absolute atomic E-state index is 0.0184. The Morgan fingerprint density at radius 1 is 1.50 bits per heavy atom. The summed E-state index contributed by atoms with van der Waals surface area (Å²) >= 11 is 0. The van der Waals surface area contributed by atoms with Crippen LogP contribution in [0.25, 0.3) is 0 Å². The molecule has 0 spiro atoms. The zero-order valence-corrected chi connectivity index (χ0v) is 13.2. The topological polar surface area (TPSA) is 50.9 Å². The second-order valence-corrected chi connectivity index (χ2v) is 7.32. The first kappa shape index (κ1) is 14.3. The number of carbonyl (C=O) groups is 1. The third-order valence-corrected chi connectivity index (χ3v) is 6.19. The Morgan fingerprint density at radius 2 is 2.32 bits per heavy atom. The summed E-state index contributed by atoms with van der Waals surface area (Å²) in [7, 11) is 0. The molecule has 22 heavy (non-hydrogen) atoms. The van der Waals surface area contributed by atoms with Crippen molar-refractivity contribution in [3.8, 4) is 12.3 Å². The lowest BCUT2D eigenvalue weighted by Gasteiger charge is -2.28. The number of fused-ring (bicyclic) bond motifs is 5. The van der Waals surface area contributed by atoms with Crippen LogP contribution in [0.2, 0.25) is 0 Å². The van der Waals surface area contributed by atoms with Crippen LogP contribution in [0.4, 0.5) is 0 Å². The van der Waals surface area contributed by atoms with Crippen LogP contribution in [0.15, 0.2) is 11.1 Å². The zero-order chi connectivity index (χ0) is 15.5. The smallest absolute Gasteiger partial charge is 0.310 e. The first-order chi connectivity index (χ1) is 10.6. The highest BCUT2D eigenvalue weighted by Gasteiger charge is 2.69. The predicted octanol–water partition coefficient (Wildman–Crippen LogP) is 1.65. The molecule has 3 fully saturated rings. The number of nitrogens with one attached hydrogen (secondary N) is 1. The van der Waals surface area contributed by atoms with Crippen LogP contribution in [0.5, 0.6) is 0 Å². The van der Waals surface area contributed by atoms with Gasteiger partial charge >= 0.3 is 5.97 Å². The molecule has 4 heteroatoms. The molecule has 1 N–H and O–H groups in total. The van der Waals surface area contributed by atoms with Crippen LogP contribution in [0.3, 0.4) is 0 Å². The van der Waals surface area contributed by atoms with Gasteiger partial charge < -0.3 is 14.8 Å². The fourth-order valence-electron chi connectivity index (χ4n) is 4.90. The van der Waals surface area contributed by atoms with Crippen molar-refractivity contribution in [2.24, 2.45) is 17.8 Å². The first-order valence-corrected chi connectivity index (χ1v) is 8.27. The van der Waals surface area contributed by atoms with Crippen LogP contribution >= 0.6 is 0 Å². The zero-order valence-electron chi connectivity index (χ0n) is 13.2. The highest BCUT2D eigenvalue weighted by atomic mass is 16.6. The maximum Gasteiger partial charge on any atom is 0.310 e. The third-order valence-electron chi connectivity index (χ3n) is 6.19. The number of hydrogen-bond acceptors (Lipinski definition) is 4. The van der Waals surface area contributed by atoms with E-state index in [0.717, 1.165) is 19.3 Å². The van der Waals surface area contributed by atoms with Crippen molar-refractivity contribution in [3.05, 3.63) is 11.1 Å². The lowest BCUT2D eigenvalue weighted by Crippen LogP contribution is -2.37. The van der Waals surface area contributed by atoms with E-state index in [0.29, 0.717) is 19.2 Å². The summed E-state index contributed by atoms with van der Waals surface area (Å²) in [6.45, 7) is 5.54.